The van der Waals surface area contributed by atoms with E-state index in [-0.39, 0.29) is 6.09 Å². The average molecular weight is 387 g/mol. The van der Waals surface area contributed by atoms with E-state index in [0.717, 1.165) is 25.9 Å². The predicted molar refractivity (Wildman–Crippen MR) is 88.9 cm³/mol. The van der Waals surface area contributed by atoms with E-state index in [1.807, 2.05) is 25.7 Å². The van der Waals surface area contributed by atoms with Crippen molar-refractivity contribution in [2.24, 2.45) is 0 Å². The number of amides is 1. The third-order valence-electron chi connectivity index (χ3n) is 3.49. The molecule has 1 amide bonds. The molecule has 110 valence electrons. The van der Waals surface area contributed by atoms with Gasteiger partial charge in [0.25, 0.3) is 0 Å². The highest BCUT2D eigenvalue weighted by Crippen LogP contribution is 2.31. The molecule has 4 heteroatoms. The normalized spacial score (nSPS) is 17.1. The molecule has 0 spiro atoms. The summed E-state index contributed by atoms with van der Waals surface area (Å²) in [5, 5.41) is 0. The minimum Gasteiger partial charge on any atom is -0.444 e. The molecule has 0 radical (unpaired) electrons. The second-order valence-electron chi connectivity index (χ2n) is 6.26. The van der Waals surface area contributed by atoms with Crippen molar-refractivity contribution in [3.8, 4) is 0 Å². The quantitative estimate of drug-likeness (QED) is 0.669. The van der Waals surface area contributed by atoms with Gasteiger partial charge in [0.1, 0.15) is 5.60 Å². The molecule has 1 saturated heterocycles. The van der Waals surface area contributed by atoms with Gasteiger partial charge in [0.05, 0.1) is 0 Å². The molecule has 0 unspecified atom stereocenters. The minimum atomic E-state index is -0.414. The first-order valence-corrected chi connectivity index (χ1v) is 8.17. The van der Waals surface area contributed by atoms with Crippen molar-refractivity contribution in [2.75, 3.05) is 13.1 Å². The number of carbonyl (C=O) groups is 1. The van der Waals surface area contributed by atoms with E-state index in [4.69, 9.17) is 4.74 Å². The number of likely N-dealkylation sites (tertiary alicyclic amines) is 1. The molecule has 3 nitrogen and oxygen atoms in total. The number of piperidine rings is 1. The Balaban J connectivity index is 1.93. The van der Waals surface area contributed by atoms with E-state index in [2.05, 4.69) is 46.9 Å². The fourth-order valence-electron chi connectivity index (χ4n) is 2.51. The van der Waals surface area contributed by atoms with Gasteiger partial charge in [0.2, 0.25) is 0 Å². The van der Waals surface area contributed by atoms with E-state index in [9.17, 15) is 4.79 Å². The van der Waals surface area contributed by atoms with Crippen molar-refractivity contribution in [2.45, 2.75) is 45.1 Å². The molecule has 1 aliphatic rings. The second-order valence-corrected chi connectivity index (χ2v) is 7.43. The molecular weight excluding hydrogens is 365 g/mol. The molecule has 0 saturated carbocycles. The van der Waals surface area contributed by atoms with Crippen LogP contribution in [0.1, 0.15) is 45.1 Å². The van der Waals surface area contributed by atoms with Crippen LogP contribution in [0.15, 0.2) is 24.3 Å². The number of hydrogen-bond donors (Lipinski definition) is 0. The number of halogens is 1. The van der Waals surface area contributed by atoms with Crippen molar-refractivity contribution >= 4 is 28.7 Å². The van der Waals surface area contributed by atoms with E-state index < -0.39 is 5.60 Å². The van der Waals surface area contributed by atoms with Crippen LogP contribution in [0.3, 0.4) is 0 Å². The Morgan fingerprint density at radius 1 is 1.25 bits per heavy atom. The Morgan fingerprint density at radius 3 is 2.40 bits per heavy atom. The molecule has 20 heavy (non-hydrogen) atoms. The molecule has 1 fully saturated rings. The molecule has 0 atom stereocenters. The minimum absolute atomic E-state index is 0.182. The summed E-state index contributed by atoms with van der Waals surface area (Å²) in [5.74, 6) is 0.557. The number of hydrogen-bond acceptors (Lipinski definition) is 2. The van der Waals surface area contributed by atoms with Gasteiger partial charge in [-0.2, -0.15) is 0 Å². The van der Waals surface area contributed by atoms with Gasteiger partial charge in [-0.05, 0) is 73.8 Å². The van der Waals surface area contributed by atoms with Crippen molar-refractivity contribution in [3.05, 3.63) is 33.4 Å². The van der Waals surface area contributed by atoms with Crippen molar-refractivity contribution in [3.63, 3.8) is 0 Å². The van der Waals surface area contributed by atoms with Crippen LogP contribution in [-0.4, -0.2) is 29.7 Å². The standard InChI is InChI=1S/C16H22INO2/c1-16(2,3)20-15(19)18-10-8-12(9-11-18)13-6-4-5-7-14(13)17/h4-7,12H,8-11H2,1-3H3. The van der Waals surface area contributed by atoms with E-state index >= 15 is 0 Å². The van der Waals surface area contributed by atoms with Crippen LogP contribution in [0.4, 0.5) is 4.79 Å². The lowest BCUT2D eigenvalue weighted by Crippen LogP contribution is -2.41. The van der Waals surface area contributed by atoms with Crippen molar-refractivity contribution < 1.29 is 9.53 Å². The first-order chi connectivity index (χ1) is 9.37. The van der Waals surface area contributed by atoms with Gasteiger partial charge < -0.3 is 9.64 Å². The van der Waals surface area contributed by atoms with Gasteiger partial charge in [-0.25, -0.2) is 4.79 Å². The van der Waals surface area contributed by atoms with Crippen LogP contribution in [-0.2, 0) is 4.74 Å². The molecule has 1 aromatic rings. The molecule has 1 aromatic carbocycles. The zero-order valence-corrected chi connectivity index (χ0v) is 14.5. The van der Waals surface area contributed by atoms with Gasteiger partial charge in [-0.3, -0.25) is 0 Å². The van der Waals surface area contributed by atoms with Crippen LogP contribution in [0.2, 0.25) is 0 Å². The maximum atomic E-state index is 12.0. The Hall–Kier alpha value is -0.780. The van der Waals surface area contributed by atoms with E-state index in [0.29, 0.717) is 5.92 Å². The topological polar surface area (TPSA) is 29.5 Å². The summed E-state index contributed by atoms with van der Waals surface area (Å²) in [6.45, 7) is 7.28. The van der Waals surface area contributed by atoms with Gasteiger partial charge >= 0.3 is 6.09 Å². The number of rotatable bonds is 1. The highest BCUT2D eigenvalue weighted by molar-refractivity contribution is 14.1. The maximum Gasteiger partial charge on any atom is 0.410 e. The Bertz CT molecular complexity index is 474. The number of benzene rings is 1. The number of ether oxygens (including phenoxy) is 1. The molecule has 1 heterocycles. The third-order valence-corrected chi connectivity index (χ3v) is 4.47. The summed E-state index contributed by atoms with van der Waals surface area (Å²) in [5.41, 5.74) is 1.000. The maximum absolute atomic E-state index is 12.0. The first-order valence-electron chi connectivity index (χ1n) is 7.09. The Kier molecular flexibility index (Phi) is 4.94. The summed E-state index contributed by atoms with van der Waals surface area (Å²) in [4.78, 5) is 13.9. The Labute approximate surface area is 134 Å². The molecule has 0 N–H and O–H groups in total. The molecule has 0 aliphatic carbocycles. The highest BCUT2D eigenvalue weighted by Gasteiger charge is 2.27. The molecule has 0 aromatic heterocycles. The first kappa shape index (κ1) is 15.6. The van der Waals surface area contributed by atoms with Crippen LogP contribution < -0.4 is 0 Å². The molecule has 0 bridgehead atoms. The largest absolute Gasteiger partial charge is 0.444 e. The summed E-state index contributed by atoms with van der Waals surface area (Å²) >= 11 is 2.39. The van der Waals surface area contributed by atoms with E-state index in [1.54, 1.807) is 0 Å². The predicted octanol–water partition coefficient (Wildman–Crippen LogP) is 4.41. The zero-order chi connectivity index (χ0) is 14.8. The zero-order valence-electron chi connectivity index (χ0n) is 12.4. The lowest BCUT2D eigenvalue weighted by molar-refractivity contribution is 0.0204. The van der Waals surface area contributed by atoms with Gasteiger partial charge in [-0.15, -0.1) is 0 Å². The molecular formula is C16H22INO2. The molecule has 2 rings (SSSR count). The van der Waals surface area contributed by atoms with Gasteiger partial charge in [0.15, 0.2) is 0 Å². The fraction of sp³-hybridized carbons (Fsp3) is 0.562. The summed E-state index contributed by atoms with van der Waals surface area (Å²) in [6, 6.07) is 8.52. The monoisotopic (exact) mass is 387 g/mol. The van der Waals surface area contributed by atoms with Gasteiger partial charge in [0, 0.05) is 16.7 Å². The highest BCUT2D eigenvalue weighted by atomic mass is 127. The second kappa shape index (κ2) is 6.33. The van der Waals surface area contributed by atoms with Crippen LogP contribution in [0.5, 0.6) is 0 Å². The van der Waals surface area contributed by atoms with Crippen LogP contribution >= 0.6 is 22.6 Å². The van der Waals surface area contributed by atoms with Crippen molar-refractivity contribution in [1.82, 2.24) is 4.90 Å². The number of carbonyl (C=O) groups excluding carboxylic acids is 1. The van der Waals surface area contributed by atoms with Crippen LogP contribution in [0.25, 0.3) is 0 Å². The third kappa shape index (κ3) is 4.11. The smallest absolute Gasteiger partial charge is 0.410 e. The fourth-order valence-corrected chi connectivity index (χ4v) is 3.33. The number of nitrogens with zero attached hydrogens (tertiary/aromatic N) is 1. The lowest BCUT2D eigenvalue weighted by atomic mass is 9.90. The van der Waals surface area contributed by atoms with Gasteiger partial charge in [-0.1, -0.05) is 18.2 Å². The molecule has 1 aliphatic heterocycles. The van der Waals surface area contributed by atoms with Crippen molar-refractivity contribution in [1.29, 1.82) is 0 Å². The average Bonchev–Trinajstić information content (AvgIpc) is 2.37. The summed E-state index contributed by atoms with van der Waals surface area (Å²) in [6.07, 6.45) is 1.84. The lowest BCUT2D eigenvalue weighted by Gasteiger charge is -2.33. The summed E-state index contributed by atoms with van der Waals surface area (Å²) < 4.78 is 6.75. The van der Waals surface area contributed by atoms with Crippen LogP contribution in [0, 0.1) is 3.57 Å². The summed E-state index contributed by atoms with van der Waals surface area (Å²) in [7, 11) is 0. The Morgan fingerprint density at radius 2 is 1.85 bits per heavy atom. The van der Waals surface area contributed by atoms with E-state index in [1.165, 1.54) is 9.13 Å². The SMILES string of the molecule is CC(C)(C)OC(=O)N1CCC(c2ccccc2I)CC1.